The third-order valence-electron chi connectivity index (χ3n) is 6.42. The van der Waals surface area contributed by atoms with Crippen LogP contribution in [0.4, 0.5) is 0 Å². The van der Waals surface area contributed by atoms with E-state index in [1.807, 2.05) is 45.9 Å². The first-order valence-electron chi connectivity index (χ1n) is 13.1. The number of ether oxygens (including phenoxy) is 6. The number of methoxy groups -OCH3 is 1. The summed E-state index contributed by atoms with van der Waals surface area (Å²) >= 11 is 0. The number of carbonyl (C=O) groups excluding carboxylic acids is 1. The summed E-state index contributed by atoms with van der Waals surface area (Å²) in [5.41, 5.74) is 9.33. The molecular formula is C28H39N3O7. The third kappa shape index (κ3) is 8.49. The molecule has 0 radical (unpaired) electrons. The molecule has 0 saturated carbocycles. The Labute approximate surface area is 224 Å². The molecule has 0 bridgehead atoms. The highest BCUT2D eigenvalue weighted by atomic mass is 16.7. The molecule has 2 aliphatic rings. The molecule has 0 aliphatic carbocycles. The van der Waals surface area contributed by atoms with Gasteiger partial charge in [0, 0.05) is 30.6 Å². The summed E-state index contributed by atoms with van der Waals surface area (Å²) in [5, 5.41) is 3.54. The van der Waals surface area contributed by atoms with Gasteiger partial charge in [0.1, 0.15) is 23.2 Å². The number of unbranched alkanes of at least 4 members (excludes halogenated alkanes) is 1. The van der Waals surface area contributed by atoms with Gasteiger partial charge in [0.25, 0.3) is 0 Å². The Morgan fingerprint density at radius 1 is 1.11 bits per heavy atom. The molecule has 1 aromatic rings. The van der Waals surface area contributed by atoms with Gasteiger partial charge >= 0.3 is 5.97 Å². The van der Waals surface area contributed by atoms with Crippen LogP contribution in [-0.4, -0.2) is 57.1 Å². The van der Waals surface area contributed by atoms with E-state index in [0.29, 0.717) is 61.5 Å². The quantitative estimate of drug-likeness (QED) is 0.0709. The standard InChI is InChI=1S/C28H39N3O7/c1-19-10-8-12-23-24(38-28(3,4)37-23)13-9-11-21-16-22(34-15-7-6-14-30-31-29)17-25(35-18-33-5)26(21)27(32)36-20(19)2/h8-11,16-17,19-20,23-24H,6-7,12-15,18H2,1-5H3/b10-8-,11-9+/t19-,20+,23-,24+/m1/s1. The van der Waals surface area contributed by atoms with Crippen LogP contribution in [0.1, 0.15) is 69.3 Å². The van der Waals surface area contributed by atoms with Crippen LogP contribution in [0.3, 0.4) is 0 Å². The first-order chi connectivity index (χ1) is 18.2. The molecule has 1 fully saturated rings. The van der Waals surface area contributed by atoms with Crippen LogP contribution in [-0.2, 0) is 18.9 Å². The second-order valence-corrected chi connectivity index (χ2v) is 9.93. The zero-order valence-electron chi connectivity index (χ0n) is 22.9. The molecule has 2 heterocycles. The van der Waals surface area contributed by atoms with Gasteiger partial charge in [-0.2, -0.15) is 0 Å². The second-order valence-electron chi connectivity index (χ2n) is 9.93. The molecule has 0 amide bonds. The average molecular weight is 530 g/mol. The molecule has 1 saturated heterocycles. The number of fused-ring (bicyclic) bond motifs is 2. The smallest absolute Gasteiger partial charge is 0.342 e. The monoisotopic (exact) mass is 529 g/mol. The van der Waals surface area contributed by atoms with Crippen molar-refractivity contribution in [1.82, 2.24) is 0 Å². The lowest BCUT2D eigenvalue weighted by Crippen LogP contribution is -2.23. The van der Waals surface area contributed by atoms with Gasteiger partial charge in [-0.3, -0.25) is 0 Å². The van der Waals surface area contributed by atoms with Crippen molar-refractivity contribution >= 4 is 12.0 Å². The van der Waals surface area contributed by atoms with Gasteiger partial charge in [-0.1, -0.05) is 36.3 Å². The van der Waals surface area contributed by atoms with E-state index in [9.17, 15) is 4.79 Å². The number of benzene rings is 1. The maximum absolute atomic E-state index is 13.4. The van der Waals surface area contributed by atoms with Gasteiger partial charge in [0.2, 0.25) is 0 Å². The lowest BCUT2D eigenvalue weighted by atomic mass is 10.00. The molecule has 10 nitrogen and oxygen atoms in total. The Hall–Kier alpha value is -3.04. The van der Waals surface area contributed by atoms with Gasteiger partial charge in [-0.15, -0.1) is 0 Å². The Morgan fingerprint density at radius 2 is 1.84 bits per heavy atom. The first kappa shape index (κ1) is 29.5. The number of hydrogen-bond acceptors (Lipinski definition) is 8. The van der Waals surface area contributed by atoms with Crippen LogP contribution in [0.25, 0.3) is 16.5 Å². The minimum atomic E-state index is -0.665. The minimum absolute atomic E-state index is 0.00835. The molecular weight excluding hydrogens is 490 g/mol. The maximum atomic E-state index is 13.4. The molecule has 0 aromatic heterocycles. The molecule has 38 heavy (non-hydrogen) atoms. The number of rotatable bonds is 9. The molecule has 2 aliphatic heterocycles. The fraction of sp³-hybridized carbons (Fsp3) is 0.607. The van der Waals surface area contributed by atoms with E-state index in [-0.39, 0.29) is 31.0 Å². The Kier molecular flexibility index (Phi) is 11.0. The van der Waals surface area contributed by atoms with E-state index in [1.54, 1.807) is 12.1 Å². The maximum Gasteiger partial charge on any atom is 0.342 e. The van der Waals surface area contributed by atoms with Gasteiger partial charge in [0.05, 0.1) is 18.8 Å². The van der Waals surface area contributed by atoms with Crippen molar-refractivity contribution in [2.45, 2.75) is 77.5 Å². The highest BCUT2D eigenvalue weighted by molar-refractivity contribution is 5.97. The summed E-state index contributed by atoms with van der Waals surface area (Å²) in [4.78, 5) is 16.2. The van der Waals surface area contributed by atoms with Crippen molar-refractivity contribution in [1.29, 1.82) is 0 Å². The Morgan fingerprint density at radius 3 is 2.55 bits per heavy atom. The van der Waals surface area contributed by atoms with Gasteiger partial charge in [-0.25, -0.2) is 4.79 Å². The van der Waals surface area contributed by atoms with Crippen LogP contribution in [0.5, 0.6) is 11.5 Å². The highest BCUT2D eigenvalue weighted by Gasteiger charge is 2.40. The molecule has 0 spiro atoms. The van der Waals surface area contributed by atoms with Crippen LogP contribution < -0.4 is 9.47 Å². The zero-order valence-corrected chi connectivity index (χ0v) is 22.9. The normalized spacial score (nSPS) is 26.6. The lowest BCUT2D eigenvalue weighted by molar-refractivity contribution is -0.145. The van der Waals surface area contributed by atoms with Crippen LogP contribution in [0.15, 0.2) is 35.5 Å². The molecule has 10 heteroatoms. The zero-order chi connectivity index (χ0) is 27.5. The van der Waals surface area contributed by atoms with Crippen LogP contribution in [0.2, 0.25) is 0 Å². The summed E-state index contributed by atoms with van der Waals surface area (Å²) < 4.78 is 35.1. The van der Waals surface area contributed by atoms with E-state index in [2.05, 4.69) is 16.1 Å². The van der Waals surface area contributed by atoms with Crippen LogP contribution >= 0.6 is 0 Å². The summed E-state index contributed by atoms with van der Waals surface area (Å²) in [6.07, 6.45) is 10.1. The topological polar surface area (TPSA) is 121 Å². The number of esters is 1. The van der Waals surface area contributed by atoms with E-state index < -0.39 is 11.8 Å². The van der Waals surface area contributed by atoms with Crippen molar-refractivity contribution in [2.75, 3.05) is 27.1 Å². The van der Waals surface area contributed by atoms with Crippen molar-refractivity contribution in [3.63, 3.8) is 0 Å². The minimum Gasteiger partial charge on any atom is -0.493 e. The third-order valence-corrected chi connectivity index (χ3v) is 6.42. The molecule has 3 rings (SSSR count). The van der Waals surface area contributed by atoms with Gasteiger partial charge < -0.3 is 28.4 Å². The van der Waals surface area contributed by atoms with Gasteiger partial charge in [0.15, 0.2) is 12.6 Å². The molecule has 208 valence electrons. The fourth-order valence-corrected chi connectivity index (χ4v) is 4.36. The summed E-state index contributed by atoms with van der Waals surface area (Å²) in [5.74, 6) is -0.306. The van der Waals surface area contributed by atoms with E-state index in [1.165, 1.54) is 7.11 Å². The fourth-order valence-electron chi connectivity index (χ4n) is 4.36. The molecule has 0 unspecified atom stereocenters. The van der Waals surface area contributed by atoms with E-state index >= 15 is 0 Å². The average Bonchev–Trinajstić information content (AvgIpc) is 3.16. The number of carbonyl (C=O) groups is 1. The van der Waals surface area contributed by atoms with E-state index in [4.69, 9.17) is 34.0 Å². The number of azide groups is 1. The number of hydrogen-bond donors (Lipinski definition) is 0. The van der Waals surface area contributed by atoms with Crippen LogP contribution in [0, 0.1) is 5.92 Å². The SMILES string of the molecule is COCOc1cc(OCCCCN=[N+]=[N-])cc2c1C(=O)O[C@@H](C)[C@H](C)/C=C\C[C@H]1OC(C)(C)O[C@H]1C/C=C/2. The largest absolute Gasteiger partial charge is 0.493 e. The highest BCUT2D eigenvalue weighted by Crippen LogP contribution is 2.35. The molecule has 1 aromatic carbocycles. The Bertz CT molecular complexity index is 1050. The summed E-state index contributed by atoms with van der Waals surface area (Å²) in [7, 11) is 1.51. The lowest BCUT2D eigenvalue weighted by Gasteiger charge is -2.21. The molecule has 4 atom stereocenters. The molecule has 0 N–H and O–H groups in total. The van der Waals surface area contributed by atoms with E-state index in [0.717, 1.165) is 0 Å². The predicted octanol–water partition coefficient (Wildman–Crippen LogP) is 6.20. The van der Waals surface area contributed by atoms with Gasteiger partial charge in [-0.05, 0) is 63.6 Å². The van der Waals surface area contributed by atoms with Crippen molar-refractivity contribution in [3.05, 3.63) is 51.9 Å². The predicted molar refractivity (Wildman–Crippen MR) is 143 cm³/mol. The number of nitrogens with zero attached hydrogens (tertiary/aromatic N) is 3. The second kappa shape index (κ2) is 14.2. The van der Waals surface area contributed by atoms with Crippen molar-refractivity contribution in [3.8, 4) is 11.5 Å². The van der Waals surface area contributed by atoms with Crippen molar-refractivity contribution < 1.29 is 33.2 Å². The first-order valence-corrected chi connectivity index (χ1v) is 13.1. The number of cyclic esters (lactones) is 1. The van der Waals surface area contributed by atoms with Crippen molar-refractivity contribution in [2.24, 2.45) is 11.0 Å². The Balaban J connectivity index is 1.95. The summed E-state index contributed by atoms with van der Waals surface area (Å²) in [6, 6.07) is 3.47. The summed E-state index contributed by atoms with van der Waals surface area (Å²) in [6.45, 7) is 8.51.